The summed E-state index contributed by atoms with van der Waals surface area (Å²) in [4.78, 5) is 22.3. The topological polar surface area (TPSA) is 87.5 Å². The maximum absolute atomic E-state index is 11.8. The number of carbonyl (C=O) groups is 1. The number of nitro benzene ring substituents is 1. The number of nitrogens with zero attached hydrogens (tertiary/aromatic N) is 2. The minimum absolute atomic E-state index is 0.0710. The van der Waals surface area contributed by atoms with Crippen LogP contribution in [-0.4, -0.2) is 36.0 Å². The van der Waals surface area contributed by atoms with Gasteiger partial charge in [-0.05, 0) is 25.0 Å². The van der Waals surface area contributed by atoms with Gasteiger partial charge in [0.2, 0.25) is 0 Å². The average Bonchev–Trinajstić information content (AvgIpc) is 3.12. The highest BCUT2D eigenvalue weighted by Gasteiger charge is 2.25. The number of rotatable bonds is 5. The zero-order valence-corrected chi connectivity index (χ0v) is 10.8. The largest absolute Gasteiger partial charge is 0.377 e. The average molecular weight is 264 g/mol. The summed E-state index contributed by atoms with van der Waals surface area (Å²) in [5.74, 6) is -0.369. The Balaban J connectivity index is 2.24. The first kappa shape index (κ1) is 13.3. The molecule has 0 spiro atoms. The number of hydrogen-bond acceptors (Lipinski definition) is 5. The second-order valence-corrected chi connectivity index (χ2v) is 4.74. The van der Waals surface area contributed by atoms with E-state index in [0.29, 0.717) is 11.7 Å². The van der Waals surface area contributed by atoms with Gasteiger partial charge in [0.15, 0.2) is 0 Å². The normalized spacial score (nSPS) is 14.3. The van der Waals surface area contributed by atoms with Crippen molar-refractivity contribution in [2.75, 3.05) is 19.4 Å². The van der Waals surface area contributed by atoms with Crippen LogP contribution in [0, 0.1) is 10.1 Å². The van der Waals surface area contributed by atoms with Crippen molar-refractivity contribution < 1.29 is 9.72 Å². The molecule has 0 bridgehead atoms. The molecule has 0 atom stereocenters. The molecule has 7 nitrogen and oxygen atoms in total. The highest BCUT2D eigenvalue weighted by Crippen LogP contribution is 2.31. The van der Waals surface area contributed by atoms with E-state index in [9.17, 15) is 14.9 Å². The van der Waals surface area contributed by atoms with Gasteiger partial charge in [0, 0.05) is 31.8 Å². The van der Waals surface area contributed by atoms with Crippen molar-refractivity contribution in [3.63, 3.8) is 0 Å². The van der Waals surface area contributed by atoms with E-state index in [1.54, 1.807) is 26.2 Å². The predicted octanol–water partition coefficient (Wildman–Crippen LogP) is 1.38. The van der Waals surface area contributed by atoms with E-state index in [4.69, 9.17) is 0 Å². The van der Waals surface area contributed by atoms with Gasteiger partial charge in [-0.1, -0.05) is 0 Å². The molecule has 19 heavy (non-hydrogen) atoms. The van der Waals surface area contributed by atoms with Crippen molar-refractivity contribution in [2.24, 2.45) is 0 Å². The monoisotopic (exact) mass is 264 g/mol. The van der Waals surface area contributed by atoms with Crippen LogP contribution in [0.5, 0.6) is 0 Å². The maximum atomic E-state index is 11.8. The van der Waals surface area contributed by atoms with Gasteiger partial charge < -0.3 is 5.32 Å². The van der Waals surface area contributed by atoms with Crippen molar-refractivity contribution in [2.45, 2.75) is 18.9 Å². The summed E-state index contributed by atoms with van der Waals surface area (Å²) in [5.41, 5.74) is 3.21. The summed E-state index contributed by atoms with van der Waals surface area (Å²) < 4.78 is 0. The second-order valence-electron chi connectivity index (χ2n) is 4.74. The molecule has 1 fully saturated rings. The van der Waals surface area contributed by atoms with Crippen molar-refractivity contribution in [1.29, 1.82) is 0 Å². The van der Waals surface area contributed by atoms with Crippen molar-refractivity contribution >= 4 is 17.3 Å². The smallest absolute Gasteiger partial charge is 0.293 e. The molecule has 7 heteroatoms. The minimum Gasteiger partial charge on any atom is -0.377 e. The second kappa shape index (κ2) is 5.23. The maximum Gasteiger partial charge on any atom is 0.293 e. The predicted molar refractivity (Wildman–Crippen MR) is 70.9 cm³/mol. The molecule has 102 valence electrons. The van der Waals surface area contributed by atoms with E-state index in [1.807, 2.05) is 0 Å². The molecule has 0 heterocycles. The van der Waals surface area contributed by atoms with Gasteiger partial charge in [0.05, 0.1) is 4.92 Å². The number of nitro groups is 1. The van der Waals surface area contributed by atoms with Crippen molar-refractivity contribution in [1.82, 2.24) is 10.4 Å². The van der Waals surface area contributed by atoms with Crippen LogP contribution >= 0.6 is 0 Å². The third-order valence-corrected chi connectivity index (χ3v) is 2.72. The molecular weight excluding hydrogens is 248 g/mol. The number of hydrazine groups is 1. The highest BCUT2D eigenvalue weighted by molar-refractivity contribution is 5.95. The molecule has 1 aromatic rings. The van der Waals surface area contributed by atoms with Crippen molar-refractivity contribution in [3.05, 3.63) is 33.9 Å². The van der Waals surface area contributed by atoms with Gasteiger partial charge in [0.1, 0.15) is 5.69 Å². The lowest BCUT2D eigenvalue weighted by Gasteiger charge is -2.12. The molecular formula is C12H16N4O3. The molecule has 0 aromatic heterocycles. The summed E-state index contributed by atoms with van der Waals surface area (Å²) in [6.07, 6.45) is 2.06. The fraction of sp³-hybridized carbons (Fsp3) is 0.417. The first-order valence-corrected chi connectivity index (χ1v) is 6.00. The Labute approximate surface area is 110 Å². The lowest BCUT2D eigenvalue weighted by molar-refractivity contribution is -0.384. The fourth-order valence-electron chi connectivity index (χ4n) is 1.66. The standard InChI is InChI=1S/C12H16N4O3/c1-15(2)14-12(17)8-3-6-10(13-9-4-5-9)11(7-8)16(18)19/h3,6-7,9,13H,4-5H2,1-2H3,(H,14,17). The molecule has 0 unspecified atom stereocenters. The number of benzene rings is 1. The molecule has 0 radical (unpaired) electrons. The van der Waals surface area contributed by atoms with Crippen LogP contribution < -0.4 is 10.7 Å². The van der Waals surface area contributed by atoms with E-state index in [-0.39, 0.29) is 17.2 Å². The Morgan fingerprint density at radius 2 is 2.11 bits per heavy atom. The van der Waals surface area contributed by atoms with E-state index < -0.39 is 4.92 Å². The summed E-state index contributed by atoms with van der Waals surface area (Å²) >= 11 is 0. The Morgan fingerprint density at radius 1 is 1.42 bits per heavy atom. The number of anilines is 1. The molecule has 1 aliphatic rings. The van der Waals surface area contributed by atoms with E-state index in [2.05, 4.69) is 10.7 Å². The molecule has 1 aliphatic carbocycles. The molecule has 1 amide bonds. The Hall–Kier alpha value is -2.15. The number of amides is 1. The first-order chi connectivity index (χ1) is 8.97. The summed E-state index contributed by atoms with van der Waals surface area (Å²) in [5, 5.41) is 15.6. The Morgan fingerprint density at radius 3 is 2.63 bits per heavy atom. The zero-order chi connectivity index (χ0) is 14.0. The molecule has 2 rings (SSSR count). The molecule has 0 saturated heterocycles. The van der Waals surface area contributed by atoms with Crippen LogP contribution in [0.2, 0.25) is 0 Å². The van der Waals surface area contributed by atoms with Crippen molar-refractivity contribution in [3.8, 4) is 0 Å². The molecule has 2 N–H and O–H groups in total. The van der Waals surface area contributed by atoms with Gasteiger partial charge in [-0.15, -0.1) is 0 Å². The van der Waals surface area contributed by atoms with Gasteiger partial charge in [-0.2, -0.15) is 0 Å². The van der Waals surface area contributed by atoms with Crippen LogP contribution in [0.15, 0.2) is 18.2 Å². The van der Waals surface area contributed by atoms with Gasteiger partial charge in [-0.25, -0.2) is 5.01 Å². The van der Waals surface area contributed by atoms with Crippen LogP contribution in [0.3, 0.4) is 0 Å². The lowest BCUT2D eigenvalue weighted by atomic mass is 10.1. The number of carbonyl (C=O) groups excluding carboxylic acids is 1. The summed E-state index contributed by atoms with van der Waals surface area (Å²) in [7, 11) is 3.35. The lowest BCUT2D eigenvalue weighted by Crippen LogP contribution is -2.36. The first-order valence-electron chi connectivity index (χ1n) is 6.00. The third kappa shape index (κ3) is 3.41. The van der Waals surface area contributed by atoms with Crippen LogP contribution in [-0.2, 0) is 0 Å². The van der Waals surface area contributed by atoms with E-state index in [0.717, 1.165) is 12.8 Å². The molecule has 1 saturated carbocycles. The van der Waals surface area contributed by atoms with Gasteiger partial charge >= 0.3 is 0 Å². The van der Waals surface area contributed by atoms with Gasteiger partial charge in [-0.3, -0.25) is 20.3 Å². The molecule has 0 aliphatic heterocycles. The Kier molecular flexibility index (Phi) is 3.66. The quantitative estimate of drug-likeness (QED) is 0.619. The Bertz CT molecular complexity index is 512. The highest BCUT2D eigenvalue weighted by atomic mass is 16.6. The minimum atomic E-state index is -0.475. The van der Waals surface area contributed by atoms with Crippen LogP contribution in [0.25, 0.3) is 0 Å². The van der Waals surface area contributed by atoms with Gasteiger partial charge in [0.25, 0.3) is 11.6 Å². The number of nitrogens with one attached hydrogen (secondary N) is 2. The van der Waals surface area contributed by atoms with E-state index >= 15 is 0 Å². The van der Waals surface area contributed by atoms with Crippen LogP contribution in [0.4, 0.5) is 11.4 Å². The zero-order valence-electron chi connectivity index (χ0n) is 10.8. The fourth-order valence-corrected chi connectivity index (χ4v) is 1.66. The SMILES string of the molecule is CN(C)NC(=O)c1ccc(NC2CC2)c([N+](=O)[O-])c1. The summed E-state index contributed by atoms with van der Waals surface area (Å²) in [6.45, 7) is 0. The number of hydrogen-bond donors (Lipinski definition) is 2. The van der Waals surface area contributed by atoms with Crippen LogP contribution in [0.1, 0.15) is 23.2 Å². The summed E-state index contributed by atoms with van der Waals surface area (Å²) in [6, 6.07) is 4.78. The molecule has 1 aromatic carbocycles. The third-order valence-electron chi connectivity index (χ3n) is 2.72. The van der Waals surface area contributed by atoms with E-state index in [1.165, 1.54) is 11.1 Å².